The zero-order chi connectivity index (χ0) is 10.5. The summed E-state index contributed by atoms with van der Waals surface area (Å²) in [5.74, 6) is 0.886. The Bertz CT molecular complexity index is 435. The molecule has 3 nitrogen and oxygen atoms in total. The molecule has 0 aromatic heterocycles. The summed E-state index contributed by atoms with van der Waals surface area (Å²) >= 11 is 0. The van der Waals surface area contributed by atoms with E-state index in [0.717, 1.165) is 36.3 Å². The van der Waals surface area contributed by atoms with Gasteiger partial charge in [0.15, 0.2) is 0 Å². The first-order chi connectivity index (χ1) is 7.27. The normalized spacial score (nSPS) is 19.5. The Balaban J connectivity index is 2.17. The number of hydrogen-bond acceptors (Lipinski definition) is 2. The molecular weight excluding hydrogens is 190 g/mol. The van der Waals surface area contributed by atoms with Gasteiger partial charge >= 0.3 is 0 Å². The summed E-state index contributed by atoms with van der Waals surface area (Å²) in [6.07, 6.45) is 2.29. The zero-order valence-corrected chi connectivity index (χ0v) is 8.67. The number of nitrogens with one attached hydrogen (secondary N) is 1. The molecule has 1 spiro atoms. The minimum absolute atomic E-state index is 0.0105. The molecule has 1 aliphatic heterocycles. The maximum atomic E-state index is 11.7. The summed E-state index contributed by atoms with van der Waals surface area (Å²) in [6, 6.07) is 5.71. The molecule has 1 heterocycles. The molecule has 1 fully saturated rings. The van der Waals surface area contributed by atoms with Crippen molar-refractivity contribution < 1.29 is 9.53 Å². The molecule has 0 radical (unpaired) electrons. The van der Waals surface area contributed by atoms with E-state index in [2.05, 4.69) is 5.32 Å². The lowest BCUT2D eigenvalue weighted by atomic mass is 9.93. The Labute approximate surface area is 88.4 Å². The first-order valence-electron chi connectivity index (χ1n) is 5.25. The van der Waals surface area contributed by atoms with Gasteiger partial charge < -0.3 is 10.1 Å². The SMILES string of the molecule is CNC(=O)c1cccc2c1C1(CC1)CO2. The van der Waals surface area contributed by atoms with Crippen LogP contribution >= 0.6 is 0 Å². The predicted octanol–water partition coefficient (Wildman–Crippen LogP) is 1.47. The fraction of sp³-hybridized carbons (Fsp3) is 0.417. The van der Waals surface area contributed by atoms with E-state index in [1.165, 1.54) is 0 Å². The molecule has 0 atom stereocenters. The number of amides is 1. The van der Waals surface area contributed by atoms with E-state index in [9.17, 15) is 4.79 Å². The van der Waals surface area contributed by atoms with Gasteiger partial charge in [-0.1, -0.05) is 6.07 Å². The van der Waals surface area contributed by atoms with E-state index in [1.807, 2.05) is 18.2 Å². The highest BCUT2D eigenvalue weighted by atomic mass is 16.5. The van der Waals surface area contributed by atoms with E-state index < -0.39 is 0 Å². The molecule has 3 rings (SSSR count). The highest BCUT2D eigenvalue weighted by molar-refractivity contribution is 5.97. The average Bonchev–Trinajstić information content (AvgIpc) is 2.95. The third-order valence-corrected chi connectivity index (χ3v) is 3.39. The largest absolute Gasteiger partial charge is 0.492 e. The molecule has 1 amide bonds. The molecule has 15 heavy (non-hydrogen) atoms. The van der Waals surface area contributed by atoms with E-state index in [-0.39, 0.29) is 11.3 Å². The first-order valence-corrected chi connectivity index (χ1v) is 5.25. The van der Waals surface area contributed by atoms with Gasteiger partial charge in [0.25, 0.3) is 5.91 Å². The molecule has 1 aliphatic carbocycles. The fourth-order valence-electron chi connectivity index (χ4n) is 2.36. The second kappa shape index (κ2) is 2.75. The third kappa shape index (κ3) is 1.09. The van der Waals surface area contributed by atoms with Crippen LogP contribution in [0.4, 0.5) is 0 Å². The van der Waals surface area contributed by atoms with E-state index in [0.29, 0.717) is 0 Å². The van der Waals surface area contributed by atoms with Crippen molar-refractivity contribution in [3.63, 3.8) is 0 Å². The molecule has 1 aromatic carbocycles. The molecule has 78 valence electrons. The standard InChI is InChI=1S/C12H13NO2/c1-13-11(14)8-3-2-4-9-10(8)12(5-6-12)7-15-9/h2-4H,5-7H2,1H3,(H,13,14). The molecule has 0 saturated heterocycles. The number of rotatable bonds is 1. The molecule has 1 aromatic rings. The number of carbonyl (C=O) groups excluding carboxylic acids is 1. The van der Waals surface area contributed by atoms with Gasteiger partial charge in [0.1, 0.15) is 5.75 Å². The number of benzene rings is 1. The predicted molar refractivity (Wildman–Crippen MR) is 56.2 cm³/mol. The van der Waals surface area contributed by atoms with Gasteiger partial charge in [-0.05, 0) is 25.0 Å². The quantitative estimate of drug-likeness (QED) is 0.750. The van der Waals surface area contributed by atoms with Crippen LogP contribution in [0.5, 0.6) is 5.75 Å². The maximum Gasteiger partial charge on any atom is 0.251 e. The Hall–Kier alpha value is -1.51. The molecule has 0 unspecified atom stereocenters. The smallest absolute Gasteiger partial charge is 0.251 e. The number of carbonyl (C=O) groups is 1. The summed E-state index contributed by atoms with van der Waals surface area (Å²) < 4.78 is 5.63. The van der Waals surface area contributed by atoms with Crippen molar-refractivity contribution in [2.45, 2.75) is 18.3 Å². The summed E-state index contributed by atoms with van der Waals surface area (Å²) in [4.78, 5) is 11.7. The minimum atomic E-state index is -0.0105. The molecule has 0 bridgehead atoms. The van der Waals surface area contributed by atoms with Crippen LogP contribution in [0.3, 0.4) is 0 Å². The van der Waals surface area contributed by atoms with Crippen molar-refractivity contribution in [1.29, 1.82) is 0 Å². The summed E-state index contributed by atoms with van der Waals surface area (Å²) in [5.41, 5.74) is 2.08. The van der Waals surface area contributed by atoms with Gasteiger partial charge in [-0.25, -0.2) is 0 Å². The molecule has 3 heteroatoms. The number of fused-ring (bicyclic) bond motifs is 2. The lowest BCUT2D eigenvalue weighted by Gasteiger charge is -2.09. The van der Waals surface area contributed by atoms with Crippen LogP contribution in [0, 0.1) is 0 Å². The van der Waals surface area contributed by atoms with Crippen LogP contribution in [-0.4, -0.2) is 19.6 Å². The van der Waals surface area contributed by atoms with Crippen molar-refractivity contribution in [2.75, 3.05) is 13.7 Å². The van der Waals surface area contributed by atoms with Gasteiger partial charge in [0, 0.05) is 23.6 Å². The highest BCUT2D eigenvalue weighted by Crippen LogP contribution is 2.56. The summed E-state index contributed by atoms with van der Waals surface area (Å²) in [5, 5.41) is 2.68. The van der Waals surface area contributed by atoms with Crippen LogP contribution in [0.25, 0.3) is 0 Å². The van der Waals surface area contributed by atoms with Crippen LogP contribution in [-0.2, 0) is 5.41 Å². The van der Waals surface area contributed by atoms with Crippen molar-refractivity contribution in [1.82, 2.24) is 5.32 Å². The Kier molecular flexibility index (Phi) is 1.61. The van der Waals surface area contributed by atoms with Crippen LogP contribution in [0.2, 0.25) is 0 Å². The second-order valence-electron chi connectivity index (χ2n) is 4.33. The van der Waals surface area contributed by atoms with Crippen LogP contribution < -0.4 is 10.1 Å². The highest BCUT2D eigenvalue weighted by Gasteiger charge is 2.52. The minimum Gasteiger partial charge on any atom is -0.492 e. The second-order valence-corrected chi connectivity index (χ2v) is 4.33. The monoisotopic (exact) mass is 203 g/mol. The van der Waals surface area contributed by atoms with E-state index in [1.54, 1.807) is 7.05 Å². The average molecular weight is 203 g/mol. The molecule has 1 saturated carbocycles. The maximum absolute atomic E-state index is 11.7. The summed E-state index contributed by atoms with van der Waals surface area (Å²) in [6.45, 7) is 0.746. The van der Waals surface area contributed by atoms with Gasteiger partial charge in [-0.3, -0.25) is 4.79 Å². The third-order valence-electron chi connectivity index (χ3n) is 3.39. The first kappa shape index (κ1) is 8.77. The number of hydrogen-bond donors (Lipinski definition) is 1. The summed E-state index contributed by atoms with van der Waals surface area (Å²) in [7, 11) is 1.66. The number of ether oxygens (including phenoxy) is 1. The molecule has 1 N–H and O–H groups in total. The zero-order valence-electron chi connectivity index (χ0n) is 8.67. The van der Waals surface area contributed by atoms with Crippen LogP contribution in [0.1, 0.15) is 28.8 Å². The molecular formula is C12H13NO2. The van der Waals surface area contributed by atoms with Crippen molar-refractivity contribution >= 4 is 5.91 Å². The van der Waals surface area contributed by atoms with Crippen LogP contribution in [0.15, 0.2) is 18.2 Å². The van der Waals surface area contributed by atoms with E-state index >= 15 is 0 Å². The van der Waals surface area contributed by atoms with Crippen molar-refractivity contribution in [2.24, 2.45) is 0 Å². The van der Waals surface area contributed by atoms with Crippen molar-refractivity contribution in [3.05, 3.63) is 29.3 Å². The Morgan fingerprint density at radius 1 is 1.47 bits per heavy atom. The van der Waals surface area contributed by atoms with Gasteiger partial charge in [-0.2, -0.15) is 0 Å². The van der Waals surface area contributed by atoms with Gasteiger partial charge in [-0.15, -0.1) is 0 Å². The van der Waals surface area contributed by atoms with E-state index in [4.69, 9.17) is 4.74 Å². The Morgan fingerprint density at radius 2 is 2.27 bits per heavy atom. The fourth-order valence-corrected chi connectivity index (χ4v) is 2.36. The molecule has 2 aliphatic rings. The Morgan fingerprint density at radius 3 is 2.93 bits per heavy atom. The van der Waals surface area contributed by atoms with Gasteiger partial charge in [0.2, 0.25) is 0 Å². The van der Waals surface area contributed by atoms with Gasteiger partial charge in [0.05, 0.1) is 6.61 Å². The van der Waals surface area contributed by atoms with Crippen molar-refractivity contribution in [3.8, 4) is 5.75 Å². The lowest BCUT2D eigenvalue weighted by Crippen LogP contribution is -2.21. The lowest BCUT2D eigenvalue weighted by molar-refractivity contribution is 0.0961. The topological polar surface area (TPSA) is 38.3 Å².